The standard InChI is InChI=1S/C20H24FO4P/c1-5-6-18(16-10-14(24-3)11-17(25-4)20(16)23)26-19-8-7-13(21)9-15(19)12(2)22/h7-11,18,23,26H,5-6H2,1-4H3. The maximum absolute atomic E-state index is 13.6. The van der Waals surface area contributed by atoms with Crippen LogP contribution in [0, 0.1) is 5.82 Å². The Hall–Kier alpha value is -2.13. The van der Waals surface area contributed by atoms with Gasteiger partial charge in [0.15, 0.2) is 17.3 Å². The Labute approximate surface area is 155 Å². The van der Waals surface area contributed by atoms with E-state index in [0.29, 0.717) is 22.6 Å². The monoisotopic (exact) mass is 378 g/mol. The number of halogens is 1. The lowest BCUT2D eigenvalue weighted by atomic mass is 10.1. The van der Waals surface area contributed by atoms with Gasteiger partial charge in [-0.15, -0.1) is 0 Å². The molecular weight excluding hydrogens is 354 g/mol. The van der Waals surface area contributed by atoms with E-state index < -0.39 is 5.82 Å². The van der Waals surface area contributed by atoms with Crippen molar-refractivity contribution in [3.8, 4) is 17.2 Å². The number of carbonyl (C=O) groups is 1. The quantitative estimate of drug-likeness (QED) is 0.539. The summed E-state index contributed by atoms with van der Waals surface area (Å²) in [4.78, 5) is 11.9. The third kappa shape index (κ3) is 4.53. The largest absolute Gasteiger partial charge is 0.504 e. The van der Waals surface area contributed by atoms with E-state index in [2.05, 4.69) is 6.92 Å². The minimum atomic E-state index is -0.429. The van der Waals surface area contributed by atoms with Crippen molar-refractivity contribution < 1.29 is 23.8 Å². The molecule has 0 amide bonds. The second kappa shape index (κ2) is 9.00. The van der Waals surface area contributed by atoms with Gasteiger partial charge >= 0.3 is 0 Å². The minimum absolute atomic E-state index is 0.0347. The number of aromatic hydroxyl groups is 1. The van der Waals surface area contributed by atoms with Gasteiger partial charge in [-0.25, -0.2) is 4.39 Å². The summed E-state index contributed by atoms with van der Waals surface area (Å²) in [7, 11) is 3.25. The Morgan fingerprint density at radius 3 is 2.54 bits per heavy atom. The Morgan fingerprint density at radius 2 is 1.96 bits per heavy atom. The summed E-state index contributed by atoms with van der Waals surface area (Å²) >= 11 is 0. The molecule has 0 spiro atoms. The van der Waals surface area contributed by atoms with E-state index in [1.807, 2.05) is 0 Å². The molecule has 2 rings (SSSR count). The summed E-state index contributed by atoms with van der Waals surface area (Å²) in [6.45, 7) is 3.49. The molecular formula is C20H24FO4P. The van der Waals surface area contributed by atoms with Crippen molar-refractivity contribution in [2.45, 2.75) is 32.3 Å². The first-order valence-corrected chi connectivity index (χ1v) is 9.50. The van der Waals surface area contributed by atoms with Crippen LogP contribution in [0.2, 0.25) is 0 Å². The molecule has 2 unspecified atom stereocenters. The van der Waals surface area contributed by atoms with Gasteiger partial charge in [-0.3, -0.25) is 4.79 Å². The first-order valence-electron chi connectivity index (χ1n) is 8.43. The molecule has 0 aliphatic heterocycles. The zero-order chi connectivity index (χ0) is 19.3. The normalized spacial score (nSPS) is 12.3. The van der Waals surface area contributed by atoms with Gasteiger partial charge in [0, 0.05) is 22.9 Å². The van der Waals surface area contributed by atoms with Crippen molar-refractivity contribution >= 4 is 19.7 Å². The van der Waals surface area contributed by atoms with E-state index >= 15 is 0 Å². The van der Waals surface area contributed by atoms with E-state index in [-0.39, 0.29) is 25.8 Å². The molecule has 2 aromatic carbocycles. The number of methoxy groups -OCH3 is 2. The van der Waals surface area contributed by atoms with Gasteiger partial charge in [0.1, 0.15) is 11.6 Å². The Balaban J connectivity index is 2.50. The predicted octanol–water partition coefficient (Wildman–Crippen LogP) is 4.60. The van der Waals surface area contributed by atoms with Crippen LogP contribution in [-0.2, 0) is 0 Å². The third-order valence-electron chi connectivity index (χ3n) is 4.18. The average Bonchev–Trinajstić information content (AvgIpc) is 2.62. The van der Waals surface area contributed by atoms with E-state index in [1.54, 1.807) is 25.3 Å². The first kappa shape index (κ1) is 20.2. The zero-order valence-corrected chi connectivity index (χ0v) is 16.4. The van der Waals surface area contributed by atoms with Gasteiger partial charge in [0.2, 0.25) is 0 Å². The van der Waals surface area contributed by atoms with Crippen LogP contribution in [0.5, 0.6) is 17.2 Å². The molecule has 4 nitrogen and oxygen atoms in total. The fourth-order valence-corrected chi connectivity index (χ4v) is 4.62. The molecule has 140 valence electrons. The number of carbonyl (C=O) groups excluding carboxylic acids is 1. The van der Waals surface area contributed by atoms with Crippen molar-refractivity contribution in [3.63, 3.8) is 0 Å². The van der Waals surface area contributed by atoms with Crippen LogP contribution in [0.4, 0.5) is 4.39 Å². The van der Waals surface area contributed by atoms with Crippen molar-refractivity contribution in [2.24, 2.45) is 0 Å². The van der Waals surface area contributed by atoms with Crippen molar-refractivity contribution in [3.05, 3.63) is 47.3 Å². The number of benzene rings is 2. The molecule has 0 fully saturated rings. The molecule has 2 aromatic rings. The number of hydrogen-bond donors (Lipinski definition) is 1. The molecule has 0 bridgehead atoms. The third-order valence-corrected chi connectivity index (χ3v) is 5.87. The van der Waals surface area contributed by atoms with E-state index in [1.165, 1.54) is 26.2 Å². The average molecular weight is 378 g/mol. The molecule has 0 heterocycles. The van der Waals surface area contributed by atoms with Gasteiger partial charge in [0.05, 0.1) is 14.2 Å². The molecule has 0 saturated heterocycles. The summed E-state index contributed by atoms with van der Waals surface area (Å²) in [6.07, 6.45) is 1.70. The van der Waals surface area contributed by atoms with Gasteiger partial charge < -0.3 is 14.6 Å². The fourth-order valence-electron chi connectivity index (χ4n) is 2.86. The van der Waals surface area contributed by atoms with Crippen LogP contribution in [0.3, 0.4) is 0 Å². The summed E-state index contributed by atoms with van der Waals surface area (Å²) in [5.41, 5.74) is 1.06. The lowest BCUT2D eigenvalue weighted by Crippen LogP contribution is -2.11. The van der Waals surface area contributed by atoms with Gasteiger partial charge in [0.25, 0.3) is 0 Å². The second-order valence-electron chi connectivity index (χ2n) is 6.00. The van der Waals surface area contributed by atoms with Crippen molar-refractivity contribution in [1.82, 2.24) is 0 Å². The SMILES string of the molecule is CCCC(Pc1ccc(F)cc1C(C)=O)c1cc(OC)cc(OC)c1O. The van der Waals surface area contributed by atoms with Gasteiger partial charge in [-0.2, -0.15) is 0 Å². The van der Waals surface area contributed by atoms with Crippen LogP contribution in [0.1, 0.15) is 48.3 Å². The van der Waals surface area contributed by atoms with Gasteiger partial charge in [-0.1, -0.05) is 28.0 Å². The first-order chi connectivity index (χ1) is 12.4. The van der Waals surface area contributed by atoms with Crippen LogP contribution in [-0.4, -0.2) is 25.1 Å². The summed E-state index contributed by atoms with van der Waals surface area (Å²) < 4.78 is 24.1. The Bertz CT molecular complexity index is 792. The van der Waals surface area contributed by atoms with Gasteiger partial charge in [-0.05, 0) is 36.8 Å². The van der Waals surface area contributed by atoms with Crippen LogP contribution < -0.4 is 14.8 Å². The highest BCUT2D eigenvalue weighted by molar-refractivity contribution is 7.47. The number of rotatable bonds is 8. The number of ketones is 1. The number of hydrogen-bond acceptors (Lipinski definition) is 4. The topological polar surface area (TPSA) is 55.8 Å². The molecule has 1 N–H and O–H groups in total. The lowest BCUT2D eigenvalue weighted by molar-refractivity contribution is 0.101. The van der Waals surface area contributed by atoms with Crippen molar-refractivity contribution in [1.29, 1.82) is 0 Å². The molecule has 0 aliphatic carbocycles. The number of phenols is 1. The number of Topliss-reactive ketones (excluding diaryl/α,β-unsaturated/α-hetero) is 1. The molecule has 2 atom stereocenters. The maximum atomic E-state index is 13.6. The Morgan fingerprint density at radius 1 is 1.23 bits per heavy atom. The highest BCUT2D eigenvalue weighted by atomic mass is 31.1. The van der Waals surface area contributed by atoms with E-state index in [9.17, 15) is 14.3 Å². The Kier molecular flexibility index (Phi) is 6.98. The number of phenolic OH excluding ortho intramolecular Hbond substituents is 1. The highest BCUT2D eigenvalue weighted by Crippen LogP contribution is 2.47. The smallest absolute Gasteiger partial charge is 0.164 e. The predicted molar refractivity (Wildman–Crippen MR) is 103 cm³/mol. The highest BCUT2D eigenvalue weighted by Gasteiger charge is 2.22. The minimum Gasteiger partial charge on any atom is -0.504 e. The molecule has 0 aliphatic rings. The molecule has 6 heteroatoms. The summed E-state index contributed by atoms with van der Waals surface area (Å²) in [6, 6.07) is 7.72. The maximum Gasteiger partial charge on any atom is 0.164 e. The summed E-state index contributed by atoms with van der Waals surface area (Å²) in [5.74, 6) is 0.407. The van der Waals surface area contributed by atoms with E-state index in [0.717, 1.165) is 18.1 Å². The summed E-state index contributed by atoms with van der Waals surface area (Å²) in [5, 5.41) is 11.4. The molecule has 26 heavy (non-hydrogen) atoms. The fraction of sp³-hybridized carbons (Fsp3) is 0.350. The van der Waals surface area contributed by atoms with Crippen LogP contribution >= 0.6 is 8.58 Å². The van der Waals surface area contributed by atoms with Crippen molar-refractivity contribution in [2.75, 3.05) is 14.2 Å². The molecule has 0 aromatic heterocycles. The van der Waals surface area contributed by atoms with Crippen LogP contribution in [0.15, 0.2) is 30.3 Å². The number of ether oxygens (including phenoxy) is 2. The second-order valence-corrected chi connectivity index (χ2v) is 7.52. The lowest BCUT2D eigenvalue weighted by Gasteiger charge is -2.21. The molecule has 0 saturated carbocycles. The van der Waals surface area contributed by atoms with E-state index in [4.69, 9.17) is 9.47 Å². The van der Waals surface area contributed by atoms with Crippen LogP contribution in [0.25, 0.3) is 0 Å². The zero-order valence-electron chi connectivity index (χ0n) is 15.4. The molecule has 0 radical (unpaired) electrons.